The number of amides is 3. The minimum atomic E-state index is -3.91. The molecule has 6 rings (SSSR count). The summed E-state index contributed by atoms with van der Waals surface area (Å²) in [5.74, 6) is -4.42. The van der Waals surface area contributed by atoms with E-state index in [4.69, 9.17) is 16.3 Å². The molecule has 4 heterocycles. The number of halogens is 3. The molecular weight excluding hydrogens is 756 g/mol. The van der Waals surface area contributed by atoms with Crippen LogP contribution in [0.3, 0.4) is 0 Å². The number of carbonyl (C=O) groups is 3. The van der Waals surface area contributed by atoms with E-state index in [0.717, 1.165) is 19.6 Å². The fourth-order valence-electron chi connectivity index (χ4n) is 7.91. The van der Waals surface area contributed by atoms with E-state index in [0.29, 0.717) is 25.1 Å². The Morgan fingerprint density at radius 1 is 0.964 bits per heavy atom. The molecule has 3 amide bonds. The molecule has 17 heteroatoms. The number of nitrogens with zero attached hydrogens (tertiary/aromatic N) is 5. The number of hydrogen-bond acceptors (Lipinski definition) is 9. The zero-order chi connectivity index (χ0) is 39.5. The fourth-order valence-corrected chi connectivity index (χ4v) is 9.54. The number of pyridine rings is 1. The first-order valence-electron chi connectivity index (χ1n) is 19.2. The van der Waals surface area contributed by atoms with Crippen LogP contribution in [0.2, 0.25) is 5.15 Å². The Kier molecular flexibility index (Phi) is 12.6. The SMILES string of the molecule is CC(C)(C)OC(=O)N[C@@H]1CC(=O)N(c2ccc(S(=O)(=O)N3CCN(c4cc(C(F)(F)[C@H]5CC[C@H](C(=O)NCCN6CCCC6)CC5)cc(Cl)n4)CC3)cc2)C1. The van der Waals surface area contributed by atoms with Gasteiger partial charge in [0.05, 0.1) is 10.9 Å². The average Bonchev–Trinajstić information content (AvgIpc) is 3.80. The number of piperazine rings is 1. The van der Waals surface area contributed by atoms with Crippen molar-refractivity contribution in [2.45, 2.75) is 88.2 Å². The number of benzene rings is 1. The molecule has 1 atom stereocenters. The maximum Gasteiger partial charge on any atom is 0.407 e. The Morgan fingerprint density at radius 2 is 1.62 bits per heavy atom. The number of likely N-dealkylation sites (tertiary alicyclic amines) is 1. The highest BCUT2D eigenvalue weighted by atomic mass is 35.5. The molecule has 2 aromatic rings. The number of ether oxygens (including phenoxy) is 1. The van der Waals surface area contributed by atoms with Crippen molar-refractivity contribution < 1.29 is 36.3 Å². The van der Waals surface area contributed by atoms with E-state index in [-0.39, 0.29) is 91.1 Å². The number of carbonyl (C=O) groups excluding carboxylic acids is 3. The lowest BCUT2D eigenvalue weighted by molar-refractivity contribution is -0.129. The summed E-state index contributed by atoms with van der Waals surface area (Å²) in [7, 11) is -3.91. The van der Waals surface area contributed by atoms with E-state index in [1.807, 2.05) is 0 Å². The topological polar surface area (TPSA) is 144 Å². The zero-order valence-corrected chi connectivity index (χ0v) is 33.3. The van der Waals surface area contributed by atoms with Gasteiger partial charge in [0.15, 0.2) is 0 Å². The van der Waals surface area contributed by atoms with Crippen molar-refractivity contribution in [3.63, 3.8) is 0 Å². The minimum Gasteiger partial charge on any atom is -0.444 e. The zero-order valence-electron chi connectivity index (χ0n) is 31.7. The molecule has 0 bridgehead atoms. The van der Waals surface area contributed by atoms with E-state index in [9.17, 15) is 22.8 Å². The lowest BCUT2D eigenvalue weighted by atomic mass is 9.77. The van der Waals surface area contributed by atoms with Crippen LogP contribution in [-0.2, 0) is 30.3 Å². The number of aromatic nitrogens is 1. The van der Waals surface area contributed by atoms with Gasteiger partial charge in [-0.15, -0.1) is 0 Å². The van der Waals surface area contributed by atoms with Gasteiger partial charge < -0.3 is 30.1 Å². The van der Waals surface area contributed by atoms with Crippen molar-refractivity contribution >= 4 is 51.0 Å². The number of alkyl halides is 2. The molecule has 3 saturated heterocycles. The third-order valence-corrected chi connectivity index (χ3v) is 13.0. The Bertz CT molecular complexity index is 1810. The summed E-state index contributed by atoms with van der Waals surface area (Å²) in [5, 5.41) is 5.63. The summed E-state index contributed by atoms with van der Waals surface area (Å²) in [5.41, 5.74) is -0.411. The molecule has 4 aliphatic rings. The van der Waals surface area contributed by atoms with Gasteiger partial charge in [-0.1, -0.05) is 11.6 Å². The summed E-state index contributed by atoms with van der Waals surface area (Å²) in [6.45, 7) is 9.56. The molecule has 1 aliphatic carbocycles. The predicted octanol–water partition coefficient (Wildman–Crippen LogP) is 4.99. The predicted molar refractivity (Wildman–Crippen MR) is 205 cm³/mol. The highest BCUT2D eigenvalue weighted by Crippen LogP contribution is 2.46. The molecule has 1 aromatic heterocycles. The molecule has 13 nitrogen and oxygen atoms in total. The molecule has 0 unspecified atom stereocenters. The monoisotopic (exact) mass is 807 g/mol. The average molecular weight is 808 g/mol. The summed E-state index contributed by atoms with van der Waals surface area (Å²) >= 11 is 6.30. The molecule has 0 spiro atoms. The lowest BCUT2D eigenvalue weighted by Crippen LogP contribution is -2.49. The molecule has 3 aliphatic heterocycles. The van der Waals surface area contributed by atoms with Crippen LogP contribution in [0.5, 0.6) is 0 Å². The standard InChI is InChI=1S/C38H52ClF2N7O6S/c1-37(2,3)54-36(51)43-29-24-34(49)48(25-29)30-10-12-31(13-11-30)55(52,53)47-20-18-46(19-21-47)33-23-28(22-32(39)44-33)38(40,41)27-8-6-26(7-9-27)35(50)42-14-17-45-15-4-5-16-45/h10-13,22-23,26-27,29H,4-9,14-21,24-25H2,1-3H3,(H,42,50)(H,43,51)/t26-,27-,29-/m1/s1. The second-order valence-electron chi connectivity index (χ2n) is 16.0. The van der Waals surface area contributed by atoms with Crippen molar-refractivity contribution in [2.75, 3.05) is 68.7 Å². The van der Waals surface area contributed by atoms with E-state index in [2.05, 4.69) is 20.5 Å². The van der Waals surface area contributed by atoms with Crippen molar-refractivity contribution in [2.24, 2.45) is 11.8 Å². The largest absolute Gasteiger partial charge is 0.444 e. The summed E-state index contributed by atoms with van der Waals surface area (Å²) in [6, 6.07) is 8.10. The van der Waals surface area contributed by atoms with Crippen LogP contribution >= 0.6 is 11.6 Å². The fraction of sp³-hybridized carbons (Fsp3) is 0.632. The molecule has 1 aromatic carbocycles. The van der Waals surface area contributed by atoms with E-state index < -0.39 is 39.6 Å². The molecule has 2 N–H and O–H groups in total. The van der Waals surface area contributed by atoms with Gasteiger partial charge in [-0.25, -0.2) is 27.0 Å². The number of alkyl carbamates (subject to hydrolysis) is 1. The normalized spacial score (nSPS) is 23.2. The van der Waals surface area contributed by atoms with Crippen LogP contribution in [0.4, 0.5) is 25.1 Å². The Morgan fingerprint density at radius 3 is 2.25 bits per heavy atom. The van der Waals surface area contributed by atoms with Gasteiger partial charge >= 0.3 is 6.09 Å². The van der Waals surface area contributed by atoms with Crippen LogP contribution in [-0.4, -0.2) is 111 Å². The van der Waals surface area contributed by atoms with Crippen LogP contribution < -0.4 is 20.4 Å². The highest BCUT2D eigenvalue weighted by Gasteiger charge is 2.45. The third-order valence-electron chi connectivity index (χ3n) is 10.9. The minimum absolute atomic E-state index is 0.0527. The second-order valence-corrected chi connectivity index (χ2v) is 18.3. The van der Waals surface area contributed by atoms with Gasteiger partial charge in [-0.05, 0) is 109 Å². The summed E-state index contributed by atoms with van der Waals surface area (Å²) < 4.78 is 65.8. The third kappa shape index (κ3) is 10.0. The van der Waals surface area contributed by atoms with Crippen LogP contribution in [0.1, 0.15) is 71.3 Å². The lowest BCUT2D eigenvalue weighted by Gasteiger charge is -2.36. The number of sulfonamides is 1. The van der Waals surface area contributed by atoms with Gasteiger partial charge in [0.1, 0.15) is 16.6 Å². The van der Waals surface area contributed by atoms with Crippen LogP contribution in [0.25, 0.3) is 0 Å². The van der Waals surface area contributed by atoms with E-state index in [1.54, 1.807) is 37.8 Å². The number of rotatable bonds is 11. The van der Waals surface area contributed by atoms with Crippen molar-refractivity contribution in [1.82, 2.24) is 24.8 Å². The Hall–Kier alpha value is -3.60. The summed E-state index contributed by atoms with van der Waals surface area (Å²) in [6.07, 6.45) is 3.05. The Labute approximate surface area is 327 Å². The highest BCUT2D eigenvalue weighted by molar-refractivity contribution is 7.89. The van der Waals surface area contributed by atoms with E-state index >= 15 is 8.78 Å². The first-order valence-corrected chi connectivity index (χ1v) is 21.0. The molecule has 0 radical (unpaired) electrons. The number of nitrogens with one attached hydrogen (secondary N) is 2. The van der Waals surface area contributed by atoms with Gasteiger partial charge in [-0.2, -0.15) is 4.31 Å². The molecule has 302 valence electrons. The number of hydrogen-bond donors (Lipinski definition) is 2. The van der Waals surface area contributed by atoms with Gasteiger partial charge in [0.2, 0.25) is 21.8 Å². The second kappa shape index (κ2) is 16.9. The maximum atomic E-state index is 16.0. The van der Waals surface area contributed by atoms with Crippen LogP contribution in [0, 0.1) is 11.8 Å². The first-order chi connectivity index (χ1) is 26.0. The smallest absolute Gasteiger partial charge is 0.407 e. The molecular formula is C38H52ClF2N7O6S. The number of anilines is 2. The molecule has 55 heavy (non-hydrogen) atoms. The maximum absolute atomic E-state index is 16.0. The first kappa shape index (κ1) is 41.0. The van der Waals surface area contributed by atoms with Gasteiger partial charge in [-0.3, -0.25) is 9.59 Å². The molecule has 1 saturated carbocycles. The van der Waals surface area contributed by atoms with Crippen molar-refractivity contribution in [3.05, 3.63) is 47.1 Å². The van der Waals surface area contributed by atoms with Crippen LogP contribution in [0.15, 0.2) is 41.3 Å². The van der Waals surface area contributed by atoms with E-state index in [1.165, 1.54) is 46.3 Å². The Balaban J connectivity index is 1.01. The van der Waals surface area contributed by atoms with Crippen molar-refractivity contribution in [3.8, 4) is 0 Å². The summed E-state index contributed by atoms with van der Waals surface area (Å²) in [4.78, 5) is 47.6. The van der Waals surface area contributed by atoms with Crippen molar-refractivity contribution in [1.29, 1.82) is 0 Å². The quantitative estimate of drug-likeness (QED) is 0.301. The molecule has 4 fully saturated rings. The van der Waals surface area contributed by atoms with Gasteiger partial charge in [0, 0.05) is 75.3 Å². The van der Waals surface area contributed by atoms with Gasteiger partial charge in [0.25, 0.3) is 5.92 Å².